The van der Waals surface area contributed by atoms with E-state index < -0.39 is 35.9 Å². The molecule has 1 fully saturated rings. The molecule has 0 spiro atoms. The lowest BCUT2D eigenvalue weighted by molar-refractivity contribution is -0.148. The third-order valence-corrected chi connectivity index (χ3v) is 8.36. The zero-order chi connectivity index (χ0) is 37.3. The first-order valence-electron chi connectivity index (χ1n) is 17.7. The molecule has 0 aromatic heterocycles. The van der Waals surface area contributed by atoms with Crippen molar-refractivity contribution in [2.24, 2.45) is 5.92 Å². The Balaban J connectivity index is 1.19. The summed E-state index contributed by atoms with van der Waals surface area (Å²) < 4.78 is 27.7. The second kappa shape index (κ2) is 20.0. The number of carbonyl (C=O) groups excluding carboxylic acids is 4. The molecule has 1 saturated heterocycles. The summed E-state index contributed by atoms with van der Waals surface area (Å²) in [5, 5.41) is 5.36. The number of aryl methyl sites for hydroxylation is 1. The number of alkyl carbamates (subject to hydrolysis) is 2. The van der Waals surface area contributed by atoms with Crippen LogP contribution in [0, 0.1) is 12.8 Å². The molecule has 0 aliphatic carbocycles. The van der Waals surface area contributed by atoms with Crippen LogP contribution in [0.15, 0.2) is 78.9 Å². The van der Waals surface area contributed by atoms with E-state index in [9.17, 15) is 19.2 Å². The molecule has 1 aliphatic heterocycles. The average Bonchev–Trinajstić information content (AvgIpc) is 3.13. The summed E-state index contributed by atoms with van der Waals surface area (Å²) in [7, 11) is 0. The van der Waals surface area contributed by atoms with Crippen molar-refractivity contribution in [1.82, 2.24) is 15.5 Å². The van der Waals surface area contributed by atoms with Crippen LogP contribution in [0.4, 0.5) is 14.4 Å². The maximum absolute atomic E-state index is 13.0. The van der Waals surface area contributed by atoms with Gasteiger partial charge in [-0.05, 0) is 87.3 Å². The van der Waals surface area contributed by atoms with Crippen LogP contribution in [-0.4, -0.2) is 67.1 Å². The first kappa shape index (κ1) is 39.5. The fraction of sp³-hybridized carbons (Fsp3) is 0.450. The quantitative estimate of drug-likeness (QED) is 0.125. The molecule has 12 heteroatoms. The number of esters is 1. The Morgan fingerprint density at radius 3 is 2.19 bits per heavy atom. The summed E-state index contributed by atoms with van der Waals surface area (Å²) in [6.07, 6.45) is 0.815. The summed E-state index contributed by atoms with van der Waals surface area (Å²) in [6.45, 7) is 9.15. The highest BCUT2D eigenvalue weighted by molar-refractivity contribution is 5.81. The first-order chi connectivity index (χ1) is 24.9. The lowest BCUT2D eigenvalue weighted by Crippen LogP contribution is -2.45. The van der Waals surface area contributed by atoms with E-state index in [1.54, 1.807) is 25.7 Å². The van der Waals surface area contributed by atoms with Crippen LogP contribution in [0.3, 0.4) is 0 Å². The molecule has 4 rings (SSSR count). The number of benzene rings is 3. The van der Waals surface area contributed by atoms with E-state index in [2.05, 4.69) is 10.6 Å². The number of amides is 3. The molecule has 2 N–H and O–H groups in total. The standard InChI is InChI=1S/C40H51N3O9/c1-29-17-18-34(24-33(29)25-41-37(45)51-28-32-14-9-6-10-15-32)48-22-19-30-16-11-21-43(26-30)39(47)49-23-20-35(42-38(46)52-40(2,3)4)36(44)50-27-31-12-7-5-8-13-31/h5-10,12-15,17-18,24,30,35H,11,16,19-23,25-28H2,1-4H3,(H,41,45)(H,42,46)/t30?,35-/m0/s1. The maximum atomic E-state index is 13.0. The van der Waals surface area contributed by atoms with Crippen molar-refractivity contribution in [1.29, 1.82) is 0 Å². The van der Waals surface area contributed by atoms with Crippen molar-refractivity contribution in [3.8, 4) is 5.75 Å². The summed E-state index contributed by atoms with van der Waals surface area (Å²) in [4.78, 5) is 52.3. The van der Waals surface area contributed by atoms with Gasteiger partial charge in [0.2, 0.25) is 0 Å². The molecular formula is C40H51N3O9. The van der Waals surface area contributed by atoms with E-state index in [0.29, 0.717) is 32.0 Å². The van der Waals surface area contributed by atoms with E-state index in [1.165, 1.54) is 0 Å². The first-order valence-corrected chi connectivity index (χ1v) is 17.7. The minimum absolute atomic E-state index is 0.0205. The lowest BCUT2D eigenvalue weighted by Gasteiger charge is -2.32. The van der Waals surface area contributed by atoms with Crippen molar-refractivity contribution < 1.29 is 42.9 Å². The highest BCUT2D eigenvalue weighted by Crippen LogP contribution is 2.23. The number of hydrogen-bond donors (Lipinski definition) is 2. The van der Waals surface area contributed by atoms with E-state index in [4.69, 9.17) is 23.7 Å². The van der Waals surface area contributed by atoms with Crippen LogP contribution >= 0.6 is 0 Å². The molecule has 1 heterocycles. The van der Waals surface area contributed by atoms with E-state index in [-0.39, 0.29) is 32.2 Å². The zero-order valence-electron chi connectivity index (χ0n) is 30.6. The van der Waals surface area contributed by atoms with E-state index in [0.717, 1.165) is 41.5 Å². The van der Waals surface area contributed by atoms with Crippen molar-refractivity contribution in [3.63, 3.8) is 0 Å². The highest BCUT2D eigenvalue weighted by atomic mass is 16.6. The second-order valence-corrected chi connectivity index (χ2v) is 13.8. The van der Waals surface area contributed by atoms with Gasteiger partial charge in [0.05, 0.1) is 13.2 Å². The van der Waals surface area contributed by atoms with Gasteiger partial charge in [-0.2, -0.15) is 0 Å². The Labute approximate surface area is 306 Å². The van der Waals surface area contributed by atoms with Gasteiger partial charge in [-0.15, -0.1) is 0 Å². The Morgan fingerprint density at radius 1 is 0.846 bits per heavy atom. The number of nitrogens with zero attached hydrogens (tertiary/aromatic N) is 1. The van der Waals surface area contributed by atoms with Crippen LogP contribution in [-0.2, 0) is 43.5 Å². The second-order valence-electron chi connectivity index (χ2n) is 13.8. The van der Waals surface area contributed by atoms with Crippen LogP contribution in [0.1, 0.15) is 68.7 Å². The number of nitrogens with one attached hydrogen (secondary N) is 2. The maximum Gasteiger partial charge on any atom is 0.409 e. The van der Waals surface area contributed by atoms with E-state index in [1.807, 2.05) is 85.8 Å². The largest absolute Gasteiger partial charge is 0.494 e. The molecule has 52 heavy (non-hydrogen) atoms. The molecule has 0 saturated carbocycles. The van der Waals surface area contributed by atoms with Crippen LogP contribution in [0.5, 0.6) is 5.75 Å². The van der Waals surface area contributed by atoms with Gasteiger partial charge < -0.3 is 39.2 Å². The summed E-state index contributed by atoms with van der Waals surface area (Å²) in [5.41, 5.74) is 2.91. The fourth-order valence-corrected chi connectivity index (χ4v) is 5.56. The molecule has 0 radical (unpaired) electrons. The molecule has 3 aromatic carbocycles. The average molecular weight is 718 g/mol. The zero-order valence-corrected chi connectivity index (χ0v) is 30.6. The Hall–Kier alpha value is -5.26. The van der Waals surface area contributed by atoms with Crippen molar-refractivity contribution >= 4 is 24.2 Å². The number of likely N-dealkylation sites (tertiary alicyclic amines) is 1. The number of ether oxygens (including phenoxy) is 5. The smallest absolute Gasteiger partial charge is 0.409 e. The molecule has 3 amide bonds. The predicted molar refractivity (Wildman–Crippen MR) is 194 cm³/mol. The SMILES string of the molecule is Cc1ccc(OCCC2CCCN(C(=O)OCC[C@H](NC(=O)OC(C)(C)C)C(=O)OCc3ccccc3)C2)cc1CNC(=O)OCc1ccccc1. The van der Waals surface area contributed by atoms with Crippen LogP contribution < -0.4 is 15.4 Å². The number of carbonyl (C=O) groups is 4. The summed E-state index contributed by atoms with van der Waals surface area (Å²) in [5.74, 6) is 0.271. The molecule has 0 bridgehead atoms. The normalized spacial score (nSPS) is 14.8. The summed E-state index contributed by atoms with van der Waals surface area (Å²) in [6, 6.07) is 23.4. The molecule has 1 unspecified atom stereocenters. The van der Waals surface area contributed by atoms with Crippen molar-refractivity contribution in [2.45, 2.75) is 84.8 Å². The Bertz CT molecular complexity index is 1590. The predicted octanol–water partition coefficient (Wildman–Crippen LogP) is 7.07. The van der Waals surface area contributed by atoms with Gasteiger partial charge in [0, 0.05) is 26.1 Å². The van der Waals surface area contributed by atoms with Gasteiger partial charge in [0.1, 0.15) is 30.6 Å². The van der Waals surface area contributed by atoms with Gasteiger partial charge in [0.25, 0.3) is 0 Å². The minimum atomic E-state index is -1.07. The molecule has 3 aromatic rings. The van der Waals surface area contributed by atoms with Gasteiger partial charge in [0.15, 0.2) is 0 Å². The molecule has 1 aliphatic rings. The Morgan fingerprint density at radius 2 is 1.52 bits per heavy atom. The highest BCUT2D eigenvalue weighted by Gasteiger charge is 2.28. The third-order valence-electron chi connectivity index (χ3n) is 8.36. The van der Waals surface area contributed by atoms with E-state index >= 15 is 0 Å². The van der Waals surface area contributed by atoms with Gasteiger partial charge in [-0.3, -0.25) is 0 Å². The fourth-order valence-electron chi connectivity index (χ4n) is 5.56. The molecule has 2 atom stereocenters. The lowest BCUT2D eigenvalue weighted by atomic mass is 9.95. The van der Waals surface area contributed by atoms with Crippen LogP contribution in [0.2, 0.25) is 0 Å². The number of piperidine rings is 1. The number of rotatable bonds is 15. The minimum Gasteiger partial charge on any atom is -0.494 e. The Kier molecular flexibility index (Phi) is 15.2. The topological polar surface area (TPSA) is 142 Å². The van der Waals surface area contributed by atoms with Gasteiger partial charge in [-0.25, -0.2) is 19.2 Å². The monoisotopic (exact) mass is 717 g/mol. The van der Waals surface area contributed by atoms with Gasteiger partial charge >= 0.3 is 24.2 Å². The van der Waals surface area contributed by atoms with Crippen molar-refractivity contribution in [3.05, 3.63) is 101 Å². The summed E-state index contributed by atoms with van der Waals surface area (Å²) >= 11 is 0. The molecule has 12 nitrogen and oxygen atoms in total. The molecular weight excluding hydrogens is 666 g/mol. The van der Waals surface area contributed by atoms with Gasteiger partial charge in [-0.1, -0.05) is 66.7 Å². The van der Waals surface area contributed by atoms with Crippen LogP contribution in [0.25, 0.3) is 0 Å². The third kappa shape index (κ3) is 14.2. The molecule has 280 valence electrons. The number of hydrogen-bond acceptors (Lipinski definition) is 9. The van der Waals surface area contributed by atoms with Crippen molar-refractivity contribution in [2.75, 3.05) is 26.3 Å².